The lowest BCUT2D eigenvalue weighted by atomic mass is 10.1. The molecule has 2 nitrogen and oxygen atoms in total. The number of nitrogens with zero attached hydrogens (tertiary/aromatic N) is 1. The third kappa shape index (κ3) is 3.55. The number of para-hydroxylation sites is 1. The van der Waals surface area contributed by atoms with Crippen LogP contribution in [0.25, 0.3) is 0 Å². The summed E-state index contributed by atoms with van der Waals surface area (Å²) in [5.74, 6) is 0. The third-order valence-corrected chi connectivity index (χ3v) is 3.30. The van der Waals surface area contributed by atoms with Gasteiger partial charge in [-0.1, -0.05) is 24.3 Å². The first-order valence-electron chi connectivity index (χ1n) is 6.57. The van der Waals surface area contributed by atoms with Crippen LogP contribution in [0.3, 0.4) is 0 Å². The van der Waals surface area contributed by atoms with Crippen molar-refractivity contribution in [3.8, 4) is 0 Å². The van der Waals surface area contributed by atoms with Gasteiger partial charge in [0.15, 0.2) is 0 Å². The molecule has 2 aromatic rings. The van der Waals surface area contributed by atoms with E-state index < -0.39 is 11.7 Å². The van der Waals surface area contributed by atoms with Crippen molar-refractivity contribution in [1.82, 2.24) is 5.32 Å². The van der Waals surface area contributed by atoms with Crippen molar-refractivity contribution in [2.45, 2.75) is 12.7 Å². The predicted octanol–water partition coefficient (Wildman–Crippen LogP) is 4.19. The number of halogens is 3. The molecule has 112 valence electrons. The van der Waals surface area contributed by atoms with E-state index in [9.17, 15) is 13.2 Å². The molecule has 2 aromatic carbocycles. The summed E-state index contributed by atoms with van der Waals surface area (Å²) in [5, 5.41) is 2.76. The Labute approximate surface area is 122 Å². The van der Waals surface area contributed by atoms with Gasteiger partial charge in [-0.25, -0.2) is 0 Å². The molecular weight excluding hydrogens is 277 g/mol. The van der Waals surface area contributed by atoms with Crippen LogP contribution in [-0.4, -0.2) is 14.1 Å². The second-order valence-electron chi connectivity index (χ2n) is 4.76. The molecule has 0 aliphatic heterocycles. The molecule has 0 aromatic heterocycles. The molecule has 5 heteroatoms. The van der Waals surface area contributed by atoms with Crippen molar-refractivity contribution in [2.24, 2.45) is 0 Å². The van der Waals surface area contributed by atoms with E-state index in [1.165, 1.54) is 12.1 Å². The Morgan fingerprint density at radius 3 is 2.24 bits per heavy atom. The van der Waals surface area contributed by atoms with Crippen molar-refractivity contribution in [1.29, 1.82) is 0 Å². The van der Waals surface area contributed by atoms with Crippen LogP contribution in [0.1, 0.15) is 11.1 Å². The van der Waals surface area contributed by atoms with E-state index in [0.29, 0.717) is 5.69 Å². The molecule has 0 unspecified atom stereocenters. The fraction of sp³-hybridized carbons (Fsp3) is 0.250. The zero-order chi connectivity index (χ0) is 15.5. The molecule has 0 aliphatic carbocycles. The van der Waals surface area contributed by atoms with Gasteiger partial charge in [0.1, 0.15) is 0 Å². The maximum Gasteiger partial charge on any atom is 0.416 e. The molecule has 0 spiro atoms. The third-order valence-electron chi connectivity index (χ3n) is 3.30. The minimum Gasteiger partial charge on any atom is -0.345 e. The Balaban J connectivity index is 2.42. The zero-order valence-corrected chi connectivity index (χ0v) is 11.9. The number of nitrogens with one attached hydrogen (secondary N) is 1. The first kappa shape index (κ1) is 15.4. The normalized spacial score (nSPS) is 11.5. The van der Waals surface area contributed by atoms with Gasteiger partial charge in [0, 0.05) is 25.0 Å². The summed E-state index contributed by atoms with van der Waals surface area (Å²) in [6, 6.07) is 13.7. The maximum atomic E-state index is 13.2. The topological polar surface area (TPSA) is 15.3 Å². The number of hydrogen-bond donors (Lipinski definition) is 1. The molecule has 21 heavy (non-hydrogen) atoms. The van der Waals surface area contributed by atoms with E-state index in [2.05, 4.69) is 5.32 Å². The number of anilines is 2. The SMILES string of the molecule is CNCc1ccc(N(C)c2ccccc2)cc1C(F)(F)F. The summed E-state index contributed by atoms with van der Waals surface area (Å²) >= 11 is 0. The van der Waals surface area contributed by atoms with Crippen molar-refractivity contribution in [3.63, 3.8) is 0 Å². The van der Waals surface area contributed by atoms with Crippen LogP contribution in [0.15, 0.2) is 48.5 Å². The van der Waals surface area contributed by atoms with Crippen LogP contribution in [0.4, 0.5) is 24.5 Å². The lowest BCUT2D eigenvalue weighted by Gasteiger charge is -2.22. The Bertz CT molecular complexity index is 594. The molecule has 0 saturated heterocycles. The van der Waals surface area contributed by atoms with Gasteiger partial charge < -0.3 is 10.2 Å². The van der Waals surface area contributed by atoms with E-state index >= 15 is 0 Å². The monoisotopic (exact) mass is 294 g/mol. The first-order chi connectivity index (χ1) is 9.93. The van der Waals surface area contributed by atoms with E-state index in [-0.39, 0.29) is 12.1 Å². The van der Waals surface area contributed by atoms with Gasteiger partial charge in [-0.3, -0.25) is 0 Å². The highest BCUT2D eigenvalue weighted by molar-refractivity contribution is 5.63. The molecule has 0 atom stereocenters. The van der Waals surface area contributed by atoms with E-state index in [0.717, 1.165) is 5.69 Å². The highest BCUT2D eigenvalue weighted by Crippen LogP contribution is 2.35. The van der Waals surface area contributed by atoms with Crippen molar-refractivity contribution in [2.75, 3.05) is 19.0 Å². The molecule has 0 heterocycles. The second kappa shape index (κ2) is 6.18. The van der Waals surface area contributed by atoms with Gasteiger partial charge in [0.05, 0.1) is 5.56 Å². The van der Waals surface area contributed by atoms with Crippen LogP contribution in [0.2, 0.25) is 0 Å². The maximum absolute atomic E-state index is 13.2. The summed E-state index contributed by atoms with van der Waals surface area (Å²) in [5.41, 5.74) is 0.993. The number of benzene rings is 2. The Hall–Kier alpha value is -2.01. The number of rotatable bonds is 4. The summed E-state index contributed by atoms with van der Waals surface area (Å²) in [6.45, 7) is 0.185. The molecule has 0 aliphatic rings. The van der Waals surface area contributed by atoms with Gasteiger partial charge in [-0.15, -0.1) is 0 Å². The van der Waals surface area contributed by atoms with Crippen LogP contribution in [0.5, 0.6) is 0 Å². The van der Waals surface area contributed by atoms with Crippen molar-refractivity contribution >= 4 is 11.4 Å². The molecule has 1 N–H and O–H groups in total. The summed E-state index contributed by atoms with van der Waals surface area (Å²) in [7, 11) is 3.38. The lowest BCUT2D eigenvalue weighted by Crippen LogP contribution is -2.16. The Kier molecular flexibility index (Phi) is 4.53. The van der Waals surface area contributed by atoms with E-state index in [1.807, 2.05) is 30.3 Å². The number of alkyl halides is 3. The van der Waals surface area contributed by atoms with Crippen LogP contribution in [-0.2, 0) is 12.7 Å². The lowest BCUT2D eigenvalue weighted by molar-refractivity contribution is -0.138. The van der Waals surface area contributed by atoms with Gasteiger partial charge in [0.2, 0.25) is 0 Å². The first-order valence-corrected chi connectivity index (χ1v) is 6.57. The highest BCUT2D eigenvalue weighted by atomic mass is 19.4. The number of hydrogen-bond acceptors (Lipinski definition) is 2. The van der Waals surface area contributed by atoms with Crippen LogP contribution in [0, 0.1) is 0 Å². The largest absolute Gasteiger partial charge is 0.416 e. The van der Waals surface area contributed by atoms with Gasteiger partial charge in [-0.2, -0.15) is 13.2 Å². The average molecular weight is 294 g/mol. The minimum atomic E-state index is -4.36. The molecule has 0 amide bonds. The van der Waals surface area contributed by atoms with Crippen molar-refractivity contribution in [3.05, 3.63) is 59.7 Å². The smallest absolute Gasteiger partial charge is 0.345 e. The fourth-order valence-electron chi connectivity index (χ4n) is 2.18. The molecule has 0 bridgehead atoms. The average Bonchev–Trinajstić information content (AvgIpc) is 2.47. The quantitative estimate of drug-likeness (QED) is 0.909. The molecule has 0 fully saturated rings. The van der Waals surface area contributed by atoms with E-state index in [4.69, 9.17) is 0 Å². The van der Waals surface area contributed by atoms with Gasteiger partial charge in [0.25, 0.3) is 0 Å². The summed E-state index contributed by atoms with van der Waals surface area (Å²) in [4.78, 5) is 1.73. The Morgan fingerprint density at radius 1 is 1.00 bits per heavy atom. The molecule has 2 rings (SSSR count). The highest BCUT2D eigenvalue weighted by Gasteiger charge is 2.33. The van der Waals surface area contributed by atoms with E-state index in [1.54, 1.807) is 25.1 Å². The van der Waals surface area contributed by atoms with Crippen molar-refractivity contribution < 1.29 is 13.2 Å². The molecular formula is C16H17F3N2. The van der Waals surface area contributed by atoms with Crippen LogP contribution >= 0.6 is 0 Å². The standard InChI is InChI=1S/C16H17F3N2/c1-20-11-12-8-9-14(10-15(12)16(17,18)19)21(2)13-6-4-3-5-7-13/h3-10,20H,11H2,1-2H3. The fourth-order valence-corrected chi connectivity index (χ4v) is 2.18. The van der Waals surface area contributed by atoms with Gasteiger partial charge in [-0.05, 0) is 36.9 Å². The molecule has 0 radical (unpaired) electrons. The van der Waals surface area contributed by atoms with Crippen LogP contribution < -0.4 is 10.2 Å². The predicted molar refractivity (Wildman–Crippen MR) is 78.7 cm³/mol. The summed E-state index contributed by atoms with van der Waals surface area (Å²) in [6.07, 6.45) is -4.36. The summed E-state index contributed by atoms with van der Waals surface area (Å²) < 4.78 is 39.5. The minimum absolute atomic E-state index is 0.185. The second-order valence-corrected chi connectivity index (χ2v) is 4.76. The van der Waals surface area contributed by atoms with Gasteiger partial charge >= 0.3 is 6.18 Å². The Morgan fingerprint density at radius 2 is 1.67 bits per heavy atom. The zero-order valence-electron chi connectivity index (χ0n) is 11.9. The molecule has 0 saturated carbocycles.